The van der Waals surface area contributed by atoms with Crippen LogP contribution in [0.25, 0.3) is 0 Å². The first kappa shape index (κ1) is 25.0. The average molecular weight is 427 g/mol. The number of aliphatic hydroxyl groups is 3. The van der Waals surface area contributed by atoms with Gasteiger partial charge in [-0.15, -0.1) is 0 Å². The van der Waals surface area contributed by atoms with Gasteiger partial charge in [0.2, 0.25) is 0 Å². The second-order valence-electron chi connectivity index (χ2n) is 8.27. The molecule has 3 N–H and O–H groups in total. The molecule has 7 nitrogen and oxygen atoms in total. The molecule has 1 heterocycles. The zero-order valence-corrected chi connectivity index (χ0v) is 18.0. The third kappa shape index (κ3) is 8.12. The van der Waals surface area contributed by atoms with Gasteiger partial charge in [0.25, 0.3) is 0 Å². The summed E-state index contributed by atoms with van der Waals surface area (Å²) in [5.74, 6) is 0.176. The molecular weight excluding hydrogens is 388 g/mol. The number of rotatable bonds is 15. The molecule has 1 saturated carbocycles. The molecule has 0 amide bonds. The van der Waals surface area contributed by atoms with Gasteiger partial charge in [0.1, 0.15) is 12.2 Å². The lowest BCUT2D eigenvalue weighted by Crippen LogP contribution is -2.28. The number of ether oxygens (including phenoxy) is 1. The topological polar surface area (TPSA) is 105 Å². The molecule has 7 heteroatoms. The van der Waals surface area contributed by atoms with Crippen LogP contribution in [0.2, 0.25) is 0 Å². The number of hydrogen-bond acceptors (Lipinski definition) is 7. The molecule has 0 aromatic carbocycles. The Balaban J connectivity index is 1.70. The summed E-state index contributed by atoms with van der Waals surface area (Å²) in [5, 5.41) is 28.0. The number of hydrogen-bond donors (Lipinski definition) is 3. The van der Waals surface area contributed by atoms with Crippen molar-refractivity contribution in [3.05, 3.63) is 24.3 Å². The third-order valence-corrected chi connectivity index (χ3v) is 5.86. The van der Waals surface area contributed by atoms with E-state index in [1.165, 1.54) is 0 Å². The second-order valence-corrected chi connectivity index (χ2v) is 8.27. The molecular formula is C23H38O7. The molecule has 2 aliphatic rings. The summed E-state index contributed by atoms with van der Waals surface area (Å²) >= 11 is 0. The van der Waals surface area contributed by atoms with Crippen LogP contribution in [0.5, 0.6) is 0 Å². The van der Waals surface area contributed by atoms with Gasteiger partial charge in [0.05, 0.1) is 25.4 Å². The molecule has 1 aliphatic carbocycles. The van der Waals surface area contributed by atoms with Crippen LogP contribution in [0.15, 0.2) is 24.3 Å². The van der Waals surface area contributed by atoms with Gasteiger partial charge in [-0.2, -0.15) is 0 Å². The van der Waals surface area contributed by atoms with Crippen LogP contribution in [-0.4, -0.2) is 58.9 Å². The Kier molecular flexibility index (Phi) is 11.6. The van der Waals surface area contributed by atoms with E-state index < -0.39 is 18.2 Å². The molecule has 30 heavy (non-hydrogen) atoms. The van der Waals surface area contributed by atoms with Crippen LogP contribution in [0.3, 0.4) is 0 Å². The summed E-state index contributed by atoms with van der Waals surface area (Å²) in [6.07, 6.45) is 14.7. The Hall–Kier alpha value is -1.25. The van der Waals surface area contributed by atoms with Crippen molar-refractivity contribution in [3.8, 4) is 0 Å². The fourth-order valence-electron chi connectivity index (χ4n) is 4.09. The summed E-state index contributed by atoms with van der Waals surface area (Å²) in [4.78, 5) is 22.4. The molecule has 2 fully saturated rings. The summed E-state index contributed by atoms with van der Waals surface area (Å²) in [6, 6.07) is 0. The SMILES string of the molecule is CCCCC[C@H](O)/C=C/[C@@H]1[C@@H](C/C=C/CCCC(=O)OC(CO)CO)[C@@H]2C[C@H]1OO2. The third-order valence-electron chi connectivity index (χ3n) is 5.86. The highest BCUT2D eigenvalue weighted by molar-refractivity contribution is 5.69. The quantitative estimate of drug-likeness (QED) is 0.160. The Morgan fingerprint density at radius 2 is 1.90 bits per heavy atom. The maximum absolute atomic E-state index is 11.6. The average Bonchev–Trinajstić information content (AvgIpc) is 3.35. The van der Waals surface area contributed by atoms with Crippen molar-refractivity contribution in [2.45, 2.75) is 89.1 Å². The molecule has 0 spiro atoms. The smallest absolute Gasteiger partial charge is 0.306 e. The first-order valence-electron chi connectivity index (χ1n) is 11.3. The van der Waals surface area contributed by atoms with Crippen LogP contribution in [0, 0.1) is 11.8 Å². The van der Waals surface area contributed by atoms with Crippen molar-refractivity contribution in [2.75, 3.05) is 13.2 Å². The van der Waals surface area contributed by atoms with Crippen molar-refractivity contribution in [1.29, 1.82) is 0 Å². The number of esters is 1. The van der Waals surface area contributed by atoms with Gasteiger partial charge in [-0.25, -0.2) is 9.78 Å². The number of carbonyl (C=O) groups is 1. The van der Waals surface area contributed by atoms with E-state index in [-0.39, 0.29) is 37.8 Å². The zero-order valence-electron chi connectivity index (χ0n) is 18.0. The number of carbonyl (C=O) groups excluding carboxylic acids is 1. The number of aliphatic hydroxyl groups excluding tert-OH is 3. The van der Waals surface area contributed by atoms with Gasteiger partial charge in [-0.05, 0) is 25.7 Å². The van der Waals surface area contributed by atoms with Crippen molar-refractivity contribution in [3.63, 3.8) is 0 Å². The molecule has 1 saturated heterocycles. The van der Waals surface area contributed by atoms with E-state index in [0.717, 1.165) is 44.9 Å². The van der Waals surface area contributed by atoms with Gasteiger partial charge < -0.3 is 20.1 Å². The van der Waals surface area contributed by atoms with E-state index in [2.05, 4.69) is 25.2 Å². The first-order valence-corrected chi connectivity index (χ1v) is 11.3. The van der Waals surface area contributed by atoms with Crippen LogP contribution in [-0.2, 0) is 19.3 Å². The van der Waals surface area contributed by atoms with E-state index in [1.54, 1.807) is 0 Å². The van der Waals surface area contributed by atoms with Crippen molar-refractivity contribution in [1.82, 2.24) is 0 Å². The lowest BCUT2D eigenvalue weighted by atomic mass is 9.89. The van der Waals surface area contributed by atoms with Gasteiger partial charge in [-0.3, -0.25) is 4.79 Å². The molecule has 2 rings (SSSR count). The monoisotopic (exact) mass is 426 g/mol. The first-order chi connectivity index (χ1) is 14.6. The summed E-state index contributed by atoms with van der Waals surface area (Å²) in [6.45, 7) is 1.41. The van der Waals surface area contributed by atoms with Gasteiger partial charge >= 0.3 is 5.97 Å². The predicted molar refractivity (Wildman–Crippen MR) is 112 cm³/mol. The van der Waals surface area contributed by atoms with E-state index in [4.69, 9.17) is 24.7 Å². The van der Waals surface area contributed by atoms with E-state index in [1.807, 2.05) is 6.08 Å². The highest BCUT2D eigenvalue weighted by atomic mass is 17.2. The van der Waals surface area contributed by atoms with Crippen molar-refractivity contribution >= 4 is 5.97 Å². The maximum atomic E-state index is 11.6. The summed E-state index contributed by atoms with van der Waals surface area (Å²) < 4.78 is 4.94. The van der Waals surface area contributed by atoms with Crippen molar-refractivity contribution < 1.29 is 34.6 Å². The highest BCUT2D eigenvalue weighted by Gasteiger charge is 2.49. The fourth-order valence-corrected chi connectivity index (χ4v) is 4.09. The minimum Gasteiger partial charge on any atom is -0.457 e. The number of fused-ring (bicyclic) bond motifs is 2. The molecule has 0 radical (unpaired) electrons. The van der Waals surface area contributed by atoms with Gasteiger partial charge in [0, 0.05) is 24.7 Å². The minimum absolute atomic E-state index is 0.0632. The lowest BCUT2D eigenvalue weighted by Gasteiger charge is -2.27. The highest BCUT2D eigenvalue weighted by Crippen LogP contribution is 2.44. The van der Waals surface area contributed by atoms with Crippen LogP contribution < -0.4 is 0 Å². The van der Waals surface area contributed by atoms with Crippen LogP contribution in [0.1, 0.15) is 64.7 Å². The molecule has 0 aromatic rings. The number of unbranched alkanes of at least 4 members (excludes halogenated alkanes) is 3. The zero-order chi connectivity index (χ0) is 21.8. The molecule has 0 aromatic heterocycles. The minimum atomic E-state index is -0.830. The maximum Gasteiger partial charge on any atom is 0.306 e. The van der Waals surface area contributed by atoms with E-state index in [9.17, 15) is 9.90 Å². The normalized spacial score (nSPS) is 27.0. The van der Waals surface area contributed by atoms with Crippen LogP contribution >= 0.6 is 0 Å². The molecule has 172 valence electrons. The van der Waals surface area contributed by atoms with Gasteiger partial charge in [0.15, 0.2) is 0 Å². The largest absolute Gasteiger partial charge is 0.457 e. The molecule has 0 unspecified atom stereocenters. The van der Waals surface area contributed by atoms with Gasteiger partial charge in [-0.1, -0.05) is 50.5 Å². The van der Waals surface area contributed by atoms with Crippen molar-refractivity contribution in [2.24, 2.45) is 11.8 Å². The Morgan fingerprint density at radius 1 is 1.13 bits per heavy atom. The van der Waals surface area contributed by atoms with Crippen LogP contribution in [0.4, 0.5) is 0 Å². The molecule has 2 bridgehead atoms. The Bertz CT molecular complexity index is 544. The number of allylic oxidation sites excluding steroid dienone is 2. The van der Waals surface area contributed by atoms with E-state index >= 15 is 0 Å². The predicted octanol–water partition coefficient (Wildman–Crippen LogP) is 2.83. The lowest BCUT2D eigenvalue weighted by molar-refractivity contribution is -0.336. The standard InChI is InChI=1S/C23H38O7/c1-2-3-6-9-17(26)12-13-20-19(21-14-22(20)30-29-21)10-7-4-5-8-11-23(27)28-18(15-24)16-25/h4,7,12-13,17-22,24-26H,2-3,5-6,8-11,14-16H2,1H3/b7-4+,13-12+/t17-,19+,20+,21-,22+/m0/s1. The molecule has 1 aliphatic heterocycles. The molecule has 5 atom stereocenters. The van der Waals surface area contributed by atoms with E-state index in [0.29, 0.717) is 12.3 Å². The summed E-state index contributed by atoms with van der Waals surface area (Å²) in [7, 11) is 0. The second kappa shape index (κ2) is 13.9. The Labute approximate surface area is 179 Å². The Morgan fingerprint density at radius 3 is 2.63 bits per heavy atom. The summed E-state index contributed by atoms with van der Waals surface area (Å²) in [5.41, 5.74) is 0. The fraction of sp³-hybridized carbons (Fsp3) is 0.783.